The molecule has 2 fully saturated rings. The van der Waals surface area contributed by atoms with Crippen molar-refractivity contribution in [3.63, 3.8) is 0 Å². The van der Waals surface area contributed by atoms with Crippen LogP contribution in [0.15, 0.2) is 0 Å². The van der Waals surface area contributed by atoms with Crippen molar-refractivity contribution in [3.05, 3.63) is 0 Å². The summed E-state index contributed by atoms with van der Waals surface area (Å²) in [4.78, 5) is 5.14. The Morgan fingerprint density at radius 2 is 1.81 bits per heavy atom. The van der Waals surface area contributed by atoms with Crippen molar-refractivity contribution in [3.8, 4) is 0 Å². The lowest BCUT2D eigenvalue weighted by Crippen LogP contribution is -2.51. The van der Waals surface area contributed by atoms with Gasteiger partial charge in [-0.15, -0.1) is 0 Å². The van der Waals surface area contributed by atoms with Gasteiger partial charge in [0.1, 0.15) is 0 Å². The smallest absolute Gasteiger partial charge is 0.0594 e. The van der Waals surface area contributed by atoms with E-state index in [2.05, 4.69) is 30.6 Å². The molecule has 16 heavy (non-hydrogen) atoms. The highest BCUT2D eigenvalue weighted by Crippen LogP contribution is 2.34. The zero-order valence-corrected chi connectivity index (χ0v) is 11.0. The first-order valence-electron chi connectivity index (χ1n) is 6.60. The number of likely N-dealkylation sites (tertiary alicyclic amines) is 1. The fourth-order valence-corrected chi connectivity index (χ4v) is 2.72. The summed E-state index contributed by atoms with van der Waals surface area (Å²) in [5, 5.41) is 0. The summed E-state index contributed by atoms with van der Waals surface area (Å²) in [6.45, 7) is 14.9. The molecule has 0 bridgehead atoms. The van der Waals surface area contributed by atoms with Crippen LogP contribution in [0.5, 0.6) is 0 Å². The minimum absolute atomic E-state index is 0.477. The number of nitrogens with zero attached hydrogens (tertiary/aromatic N) is 2. The van der Waals surface area contributed by atoms with Crippen LogP contribution in [0.4, 0.5) is 0 Å². The molecule has 1 atom stereocenters. The Labute approximate surface area is 99.7 Å². The van der Waals surface area contributed by atoms with Crippen LogP contribution >= 0.6 is 0 Å². The second kappa shape index (κ2) is 5.03. The van der Waals surface area contributed by atoms with Gasteiger partial charge in [0.15, 0.2) is 0 Å². The quantitative estimate of drug-likeness (QED) is 0.712. The van der Waals surface area contributed by atoms with Crippen molar-refractivity contribution in [1.82, 2.24) is 9.80 Å². The van der Waals surface area contributed by atoms with E-state index in [9.17, 15) is 0 Å². The third-order valence-electron chi connectivity index (χ3n) is 4.35. The molecule has 0 aromatic rings. The molecule has 2 heterocycles. The normalized spacial score (nSPS) is 32.8. The van der Waals surface area contributed by atoms with Gasteiger partial charge in [-0.25, -0.2) is 0 Å². The number of rotatable bonds is 2. The molecule has 0 aromatic heterocycles. The number of piperidine rings is 1. The molecule has 0 aliphatic carbocycles. The van der Waals surface area contributed by atoms with Crippen LogP contribution in [0.25, 0.3) is 0 Å². The molecule has 2 aliphatic rings. The van der Waals surface area contributed by atoms with Crippen LogP contribution in [0.2, 0.25) is 0 Å². The highest BCUT2D eigenvalue weighted by Gasteiger charge is 2.33. The minimum atomic E-state index is 0.477. The van der Waals surface area contributed by atoms with Crippen LogP contribution in [-0.2, 0) is 4.74 Å². The monoisotopic (exact) mass is 226 g/mol. The maximum atomic E-state index is 5.39. The van der Waals surface area contributed by atoms with Gasteiger partial charge in [0, 0.05) is 19.6 Å². The van der Waals surface area contributed by atoms with E-state index in [-0.39, 0.29) is 0 Å². The average Bonchev–Trinajstić information content (AvgIpc) is 2.25. The molecule has 0 saturated carbocycles. The predicted molar refractivity (Wildman–Crippen MR) is 66.4 cm³/mol. The molecule has 2 rings (SSSR count). The van der Waals surface area contributed by atoms with Crippen molar-refractivity contribution >= 4 is 0 Å². The maximum absolute atomic E-state index is 5.39. The van der Waals surface area contributed by atoms with Gasteiger partial charge in [0.05, 0.1) is 19.9 Å². The average molecular weight is 226 g/mol. The third-order valence-corrected chi connectivity index (χ3v) is 4.35. The lowest BCUT2D eigenvalue weighted by molar-refractivity contribution is -0.0186. The summed E-state index contributed by atoms with van der Waals surface area (Å²) in [6, 6.07) is 0. The fraction of sp³-hybridized carbons (Fsp3) is 1.00. The minimum Gasteiger partial charge on any atom is -0.379 e. The van der Waals surface area contributed by atoms with Crippen molar-refractivity contribution in [2.45, 2.75) is 27.2 Å². The summed E-state index contributed by atoms with van der Waals surface area (Å²) < 4.78 is 5.39. The van der Waals surface area contributed by atoms with E-state index in [1.807, 2.05) is 0 Å². The van der Waals surface area contributed by atoms with Crippen LogP contribution in [0.1, 0.15) is 27.2 Å². The standard InChI is InChI=1S/C13H26N2O/c1-12-4-5-15(10-13(12,2)3)11-14-6-8-16-9-7-14/h12H,4-11H2,1-3H3. The maximum Gasteiger partial charge on any atom is 0.0594 e. The van der Waals surface area contributed by atoms with Crippen molar-refractivity contribution < 1.29 is 4.74 Å². The summed E-state index contributed by atoms with van der Waals surface area (Å²) in [5.41, 5.74) is 0.477. The predicted octanol–water partition coefficient (Wildman–Crippen LogP) is 1.64. The zero-order chi connectivity index (χ0) is 11.6. The molecule has 0 spiro atoms. The Bertz CT molecular complexity index is 224. The first kappa shape index (κ1) is 12.3. The first-order valence-corrected chi connectivity index (χ1v) is 6.60. The van der Waals surface area contributed by atoms with E-state index in [0.717, 1.165) is 38.9 Å². The fourth-order valence-electron chi connectivity index (χ4n) is 2.72. The van der Waals surface area contributed by atoms with Gasteiger partial charge in [-0.1, -0.05) is 20.8 Å². The number of hydrogen-bond acceptors (Lipinski definition) is 3. The first-order chi connectivity index (χ1) is 7.58. The van der Waals surface area contributed by atoms with E-state index >= 15 is 0 Å². The molecular weight excluding hydrogens is 200 g/mol. The van der Waals surface area contributed by atoms with Gasteiger partial charge in [0.2, 0.25) is 0 Å². The summed E-state index contributed by atoms with van der Waals surface area (Å²) in [6.07, 6.45) is 1.34. The Morgan fingerprint density at radius 1 is 1.12 bits per heavy atom. The molecule has 2 saturated heterocycles. The van der Waals surface area contributed by atoms with Crippen molar-refractivity contribution in [1.29, 1.82) is 0 Å². The number of hydrogen-bond donors (Lipinski definition) is 0. The van der Waals surface area contributed by atoms with Crippen LogP contribution < -0.4 is 0 Å². The van der Waals surface area contributed by atoms with Gasteiger partial charge in [0.25, 0.3) is 0 Å². The number of ether oxygens (including phenoxy) is 1. The second-order valence-corrected chi connectivity index (χ2v) is 6.10. The Morgan fingerprint density at radius 3 is 2.44 bits per heavy atom. The second-order valence-electron chi connectivity index (χ2n) is 6.10. The molecule has 0 amide bonds. The zero-order valence-electron chi connectivity index (χ0n) is 11.0. The molecule has 0 N–H and O–H groups in total. The summed E-state index contributed by atoms with van der Waals surface area (Å²) in [5.74, 6) is 0.855. The van der Waals surface area contributed by atoms with Crippen LogP contribution in [0.3, 0.4) is 0 Å². The van der Waals surface area contributed by atoms with E-state index in [1.54, 1.807) is 0 Å². The Kier molecular flexibility index (Phi) is 3.88. The lowest BCUT2D eigenvalue weighted by atomic mass is 9.75. The van der Waals surface area contributed by atoms with Crippen molar-refractivity contribution in [2.24, 2.45) is 11.3 Å². The lowest BCUT2D eigenvalue weighted by Gasteiger charge is -2.44. The van der Waals surface area contributed by atoms with Gasteiger partial charge in [-0.2, -0.15) is 0 Å². The Balaban J connectivity index is 1.81. The van der Waals surface area contributed by atoms with Gasteiger partial charge < -0.3 is 4.74 Å². The number of morpholine rings is 1. The van der Waals surface area contributed by atoms with Gasteiger partial charge in [-0.3, -0.25) is 9.80 Å². The molecule has 2 aliphatic heterocycles. The third kappa shape index (κ3) is 2.96. The summed E-state index contributed by atoms with van der Waals surface area (Å²) >= 11 is 0. The van der Waals surface area contributed by atoms with Gasteiger partial charge >= 0.3 is 0 Å². The van der Waals surface area contributed by atoms with E-state index in [1.165, 1.54) is 19.5 Å². The molecular formula is C13H26N2O. The summed E-state index contributed by atoms with van der Waals surface area (Å²) in [7, 11) is 0. The van der Waals surface area contributed by atoms with Gasteiger partial charge in [-0.05, 0) is 24.3 Å². The Hall–Kier alpha value is -0.120. The van der Waals surface area contributed by atoms with E-state index < -0.39 is 0 Å². The molecule has 0 aromatic carbocycles. The van der Waals surface area contributed by atoms with E-state index in [4.69, 9.17) is 4.74 Å². The molecule has 3 heteroatoms. The molecule has 0 radical (unpaired) electrons. The molecule has 1 unspecified atom stereocenters. The highest BCUT2D eigenvalue weighted by molar-refractivity contribution is 4.84. The molecule has 94 valence electrons. The van der Waals surface area contributed by atoms with Crippen LogP contribution in [0, 0.1) is 11.3 Å². The SMILES string of the molecule is CC1CCN(CN2CCOCC2)CC1(C)C. The van der Waals surface area contributed by atoms with E-state index in [0.29, 0.717) is 5.41 Å². The van der Waals surface area contributed by atoms with Crippen molar-refractivity contribution in [2.75, 3.05) is 46.1 Å². The topological polar surface area (TPSA) is 15.7 Å². The van der Waals surface area contributed by atoms with Crippen LogP contribution in [-0.4, -0.2) is 55.9 Å². The highest BCUT2D eigenvalue weighted by atomic mass is 16.5. The largest absolute Gasteiger partial charge is 0.379 e. The molecule has 3 nitrogen and oxygen atoms in total.